The SMILES string of the molecule is CCOC(=O)CCC(=O)CC(O)CCO. The van der Waals surface area contributed by atoms with Gasteiger partial charge in [-0.3, -0.25) is 9.59 Å². The molecule has 0 rings (SSSR count). The number of ether oxygens (including phenoxy) is 1. The number of esters is 1. The van der Waals surface area contributed by atoms with Crippen LogP contribution in [-0.2, 0) is 14.3 Å². The topological polar surface area (TPSA) is 83.8 Å². The third-order valence-corrected chi connectivity index (χ3v) is 1.84. The van der Waals surface area contributed by atoms with Gasteiger partial charge in [0.15, 0.2) is 0 Å². The van der Waals surface area contributed by atoms with Crippen LogP contribution in [0.2, 0.25) is 0 Å². The molecule has 0 aliphatic heterocycles. The Morgan fingerprint density at radius 2 is 2.00 bits per heavy atom. The van der Waals surface area contributed by atoms with Crippen molar-refractivity contribution in [2.45, 2.75) is 38.7 Å². The van der Waals surface area contributed by atoms with Gasteiger partial charge in [0.2, 0.25) is 0 Å². The number of carbonyl (C=O) groups is 2. The predicted molar refractivity (Wildman–Crippen MR) is 53.2 cm³/mol. The molecule has 0 amide bonds. The van der Waals surface area contributed by atoms with E-state index < -0.39 is 12.1 Å². The van der Waals surface area contributed by atoms with Gasteiger partial charge in [-0.1, -0.05) is 0 Å². The van der Waals surface area contributed by atoms with Gasteiger partial charge in [0.25, 0.3) is 0 Å². The quantitative estimate of drug-likeness (QED) is 0.562. The van der Waals surface area contributed by atoms with Gasteiger partial charge in [-0.25, -0.2) is 0 Å². The Morgan fingerprint density at radius 3 is 2.53 bits per heavy atom. The van der Waals surface area contributed by atoms with E-state index in [9.17, 15) is 14.7 Å². The van der Waals surface area contributed by atoms with Crippen LogP contribution in [0.3, 0.4) is 0 Å². The summed E-state index contributed by atoms with van der Waals surface area (Å²) in [6.45, 7) is 1.86. The smallest absolute Gasteiger partial charge is 0.306 e. The molecule has 0 spiro atoms. The molecular weight excluding hydrogens is 200 g/mol. The lowest BCUT2D eigenvalue weighted by atomic mass is 10.1. The summed E-state index contributed by atoms with van der Waals surface area (Å²) in [6, 6.07) is 0. The molecule has 0 aliphatic rings. The average molecular weight is 218 g/mol. The minimum atomic E-state index is -0.815. The summed E-state index contributed by atoms with van der Waals surface area (Å²) in [7, 11) is 0. The molecule has 0 fully saturated rings. The molecule has 15 heavy (non-hydrogen) atoms. The van der Waals surface area contributed by atoms with Gasteiger partial charge in [-0.15, -0.1) is 0 Å². The second-order valence-electron chi connectivity index (χ2n) is 3.21. The average Bonchev–Trinajstić information content (AvgIpc) is 2.15. The third-order valence-electron chi connectivity index (χ3n) is 1.84. The second-order valence-corrected chi connectivity index (χ2v) is 3.21. The van der Waals surface area contributed by atoms with Crippen LogP contribution in [0.15, 0.2) is 0 Å². The fraction of sp³-hybridized carbons (Fsp3) is 0.800. The molecule has 0 saturated heterocycles. The van der Waals surface area contributed by atoms with Crippen molar-refractivity contribution in [2.24, 2.45) is 0 Å². The minimum absolute atomic E-state index is 0.0139. The first-order chi connectivity index (χ1) is 7.10. The van der Waals surface area contributed by atoms with Crippen molar-refractivity contribution in [2.75, 3.05) is 13.2 Å². The lowest BCUT2D eigenvalue weighted by molar-refractivity contribution is -0.144. The van der Waals surface area contributed by atoms with Crippen molar-refractivity contribution in [3.05, 3.63) is 0 Å². The van der Waals surface area contributed by atoms with E-state index in [-0.39, 0.29) is 38.1 Å². The fourth-order valence-electron chi connectivity index (χ4n) is 1.09. The van der Waals surface area contributed by atoms with Gasteiger partial charge in [-0.2, -0.15) is 0 Å². The summed E-state index contributed by atoms with van der Waals surface area (Å²) < 4.78 is 4.65. The highest BCUT2D eigenvalue weighted by Gasteiger charge is 2.12. The Morgan fingerprint density at radius 1 is 1.33 bits per heavy atom. The van der Waals surface area contributed by atoms with Crippen molar-refractivity contribution >= 4 is 11.8 Å². The van der Waals surface area contributed by atoms with Crippen LogP contribution >= 0.6 is 0 Å². The van der Waals surface area contributed by atoms with Gasteiger partial charge >= 0.3 is 5.97 Å². The van der Waals surface area contributed by atoms with Crippen molar-refractivity contribution in [1.29, 1.82) is 0 Å². The van der Waals surface area contributed by atoms with E-state index in [4.69, 9.17) is 5.11 Å². The van der Waals surface area contributed by atoms with E-state index in [2.05, 4.69) is 4.74 Å². The van der Waals surface area contributed by atoms with E-state index in [0.717, 1.165) is 0 Å². The summed E-state index contributed by atoms with van der Waals surface area (Å²) in [4.78, 5) is 22.1. The zero-order valence-electron chi connectivity index (χ0n) is 8.94. The van der Waals surface area contributed by atoms with Crippen LogP contribution < -0.4 is 0 Å². The number of aliphatic hydroxyl groups excluding tert-OH is 2. The maximum absolute atomic E-state index is 11.2. The zero-order valence-corrected chi connectivity index (χ0v) is 8.94. The minimum Gasteiger partial charge on any atom is -0.466 e. The molecule has 5 heteroatoms. The molecule has 0 aliphatic carbocycles. The molecule has 0 aromatic carbocycles. The van der Waals surface area contributed by atoms with Crippen LogP contribution in [0, 0.1) is 0 Å². The van der Waals surface area contributed by atoms with Crippen molar-refractivity contribution in [3.63, 3.8) is 0 Å². The molecule has 0 bridgehead atoms. The Kier molecular flexibility index (Phi) is 7.85. The molecule has 5 nitrogen and oxygen atoms in total. The Labute approximate surface area is 89.0 Å². The number of rotatable bonds is 8. The molecule has 0 aromatic rings. The maximum Gasteiger partial charge on any atom is 0.306 e. The number of hydrogen-bond donors (Lipinski definition) is 2. The van der Waals surface area contributed by atoms with Crippen molar-refractivity contribution in [3.8, 4) is 0 Å². The lowest BCUT2D eigenvalue weighted by Crippen LogP contribution is -2.16. The van der Waals surface area contributed by atoms with E-state index in [1.54, 1.807) is 6.92 Å². The Bertz CT molecular complexity index is 202. The second kappa shape index (κ2) is 8.38. The summed E-state index contributed by atoms with van der Waals surface area (Å²) in [5.74, 6) is -0.591. The number of hydrogen-bond acceptors (Lipinski definition) is 5. The molecule has 0 aromatic heterocycles. The van der Waals surface area contributed by atoms with Gasteiger partial charge in [0, 0.05) is 19.4 Å². The number of aliphatic hydroxyl groups is 2. The van der Waals surface area contributed by atoms with E-state index in [0.29, 0.717) is 6.61 Å². The highest BCUT2D eigenvalue weighted by atomic mass is 16.5. The van der Waals surface area contributed by atoms with Crippen LogP contribution in [0.4, 0.5) is 0 Å². The first-order valence-electron chi connectivity index (χ1n) is 5.06. The zero-order chi connectivity index (χ0) is 11.7. The standard InChI is InChI=1S/C10H18O5/c1-2-15-10(14)4-3-8(12)7-9(13)5-6-11/h9,11,13H,2-7H2,1H3. The van der Waals surface area contributed by atoms with E-state index in [1.807, 2.05) is 0 Å². The number of Topliss-reactive ketones (excluding diaryl/α,β-unsaturated/α-hetero) is 1. The highest BCUT2D eigenvalue weighted by Crippen LogP contribution is 2.03. The number of carbonyl (C=O) groups excluding carboxylic acids is 2. The molecule has 0 saturated carbocycles. The molecule has 88 valence electrons. The Hall–Kier alpha value is -0.940. The van der Waals surface area contributed by atoms with Gasteiger partial charge < -0.3 is 14.9 Å². The van der Waals surface area contributed by atoms with Gasteiger partial charge in [0.05, 0.1) is 19.1 Å². The molecule has 1 unspecified atom stereocenters. The van der Waals surface area contributed by atoms with E-state index in [1.165, 1.54) is 0 Å². The Balaban J connectivity index is 3.61. The molecule has 2 N–H and O–H groups in total. The fourth-order valence-corrected chi connectivity index (χ4v) is 1.09. The molecule has 0 radical (unpaired) electrons. The van der Waals surface area contributed by atoms with Crippen LogP contribution in [0.5, 0.6) is 0 Å². The largest absolute Gasteiger partial charge is 0.466 e. The van der Waals surface area contributed by atoms with Crippen LogP contribution in [0.25, 0.3) is 0 Å². The highest BCUT2D eigenvalue weighted by molar-refractivity contribution is 5.83. The summed E-state index contributed by atoms with van der Waals surface area (Å²) in [6.07, 6.45) is -0.505. The van der Waals surface area contributed by atoms with Crippen LogP contribution in [-0.4, -0.2) is 41.3 Å². The molecule has 0 heterocycles. The number of ketones is 1. The van der Waals surface area contributed by atoms with E-state index >= 15 is 0 Å². The first kappa shape index (κ1) is 14.1. The monoisotopic (exact) mass is 218 g/mol. The van der Waals surface area contributed by atoms with Crippen molar-refractivity contribution in [1.82, 2.24) is 0 Å². The summed E-state index contributed by atoms with van der Waals surface area (Å²) in [5.41, 5.74) is 0. The third kappa shape index (κ3) is 8.08. The molecular formula is C10H18O5. The summed E-state index contributed by atoms with van der Waals surface area (Å²) in [5, 5.41) is 17.7. The normalized spacial score (nSPS) is 12.2. The molecule has 1 atom stereocenters. The van der Waals surface area contributed by atoms with Gasteiger partial charge in [0.1, 0.15) is 5.78 Å². The van der Waals surface area contributed by atoms with Gasteiger partial charge in [-0.05, 0) is 13.3 Å². The first-order valence-corrected chi connectivity index (χ1v) is 5.06. The maximum atomic E-state index is 11.2. The van der Waals surface area contributed by atoms with Crippen molar-refractivity contribution < 1.29 is 24.5 Å². The predicted octanol–water partition coefficient (Wildman–Crippen LogP) is 0.0322. The lowest BCUT2D eigenvalue weighted by Gasteiger charge is -2.07. The van der Waals surface area contributed by atoms with Crippen LogP contribution in [0.1, 0.15) is 32.6 Å². The summed E-state index contributed by atoms with van der Waals surface area (Å²) >= 11 is 0.